The number of carbonyl (C=O) groups excluding carboxylic acids is 2. The topological polar surface area (TPSA) is 66.4 Å². The van der Waals surface area contributed by atoms with Crippen LogP contribution in [0.5, 0.6) is 5.75 Å². The quantitative estimate of drug-likeness (QED) is 0.914. The molecule has 1 atom stereocenters. The van der Waals surface area contributed by atoms with Crippen LogP contribution in [0.1, 0.15) is 5.56 Å². The minimum Gasteiger partial charge on any atom is -0.508 e. The van der Waals surface area contributed by atoms with E-state index in [-0.39, 0.29) is 22.1 Å². The molecule has 2 N–H and O–H groups in total. The van der Waals surface area contributed by atoms with Crippen LogP contribution in [0.3, 0.4) is 0 Å². The van der Waals surface area contributed by atoms with Crippen LogP contribution in [-0.4, -0.2) is 21.5 Å². The number of aromatic hydroxyl groups is 1. The molecule has 0 aromatic heterocycles. The third-order valence-electron chi connectivity index (χ3n) is 3.32. The van der Waals surface area contributed by atoms with Crippen molar-refractivity contribution in [2.24, 2.45) is 0 Å². The Balaban J connectivity index is 1.75. The molecule has 1 unspecified atom stereocenters. The van der Waals surface area contributed by atoms with Gasteiger partial charge in [-0.1, -0.05) is 48.2 Å². The number of thioether (sulfide) groups is 1. The average molecular weight is 299 g/mol. The maximum atomic E-state index is 11.5. The van der Waals surface area contributed by atoms with Gasteiger partial charge in [-0.2, -0.15) is 0 Å². The second-order valence-electron chi connectivity index (χ2n) is 4.83. The zero-order chi connectivity index (χ0) is 14.8. The second-order valence-corrected chi connectivity index (χ2v) is 6.01. The fourth-order valence-electron chi connectivity index (χ4n) is 2.26. The first-order chi connectivity index (χ1) is 10.1. The van der Waals surface area contributed by atoms with Gasteiger partial charge in [-0.3, -0.25) is 14.9 Å². The molecular formula is C16H13NO3S. The van der Waals surface area contributed by atoms with Gasteiger partial charge in [-0.05, 0) is 35.2 Å². The van der Waals surface area contributed by atoms with Crippen LogP contribution < -0.4 is 5.32 Å². The van der Waals surface area contributed by atoms with Crippen molar-refractivity contribution in [3.63, 3.8) is 0 Å². The normalized spacial score (nSPS) is 17.8. The highest BCUT2D eigenvalue weighted by molar-refractivity contribution is 8.15. The number of phenols is 1. The van der Waals surface area contributed by atoms with Crippen LogP contribution >= 0.6 is 11.8 Å². The Hall–Kier alpha value is -2.27. The van der Waals surface area contributed by atoms with Crippen molar-refractivity contribution in [2.45, 2.75) is 11.7 Å². The first-order valence-corrected chi connectivity index (χ1v) is 7.39. The highest BCUT2D eigenvalue weighted by Gasteiger charge is 2.31. The third-order valence-corrected chi connectivity index (χ3v) is 4.30. The molecule has 1 saturated heterocycles. The summed E-state index contributed by atoms with van der Waals surface area (Å²) < 4.78 is 0. The Morgan fingerprint density at radius 2 is 1.81 bits per heavy atom. The van der Waals surface area contributed by atoms with Crippen molar-refractivity contribution in [1.29, 1.82) is 0 Å². The number of rotatable bonds is 3. The SMILES string of the molecule is O=C1NC(=O)C(Cc2ccc(-c3cccc(O)c3)cc2)S1. The Morgan fingerprint density at radius 3 is 2.43 bits per heavy atom. The van der Waals surface area contributed by atoms with E-state index in [0.29, 0.717) is 6.42 Å². The fraction of sp³-hybridized carbons (Fsp3) is 0.125. The summed E-state index contributed by atoms with van der Waals surface area (Å²) in [5.41, 5.74) is 2.93. The lowest BCUT2D eigenvalue weighted by molar-refractivity contribution is -0.118. The zero-order valence-electron chi connectivity index (χ0n) is 11.1. The van der Waals surface area contributed by atoms with Crippen LogP contribution in [0.15, 0.2) is 48.5 Å². The third kappa shape index (κ3) is 3.08. The van der Waals surface area contributed by atoms with E-state index in [1.54, 1.807) is 18.2 Å². The number of amides is 2. The zero-order valence-corrected chi connectivity index (χ0v) is 11.9. The molecule has 0 aliphatic carbocycles. The van der Waals surface area contributed by atoms with Gasteiger partial charge in [-0.25, -0.2) is 0 Å². The lowest BCUT2D eigenvalue weighted by atomic mass is 10.0. The van der Waals surface area contributed by atoms with E-state index in [1.165, 1.54) is 0 Å². The Morgan fingerprint density at radius 1 is 1.05 bits per heavy atom. The fourth-order valence-corrected chi connectivity index (χ4v) is 3.12. The summed E-state index contributed by atoms with van der Waals surface area (Å²) in [7, 11) is 0. The van der Waals surface area contributed by atoms with Gasteiger partial charge in [0.1, 0.15) is 5.75 Å². The first kappa shape index (κ1) is 13.7. The van der Waals surface area contributed by atoms with Gasteiger partial charge in [0.25, 0.3) is 5.24 Å². The molecule has 2 aromatic rings. The van der Waals surface area contributed by atoms with Gasteiger partial charge in [0.05, 0.1) is 5.25 Å². The maximum Gasteiger partial charge on any atom is 0.286 e. The molecule has 1 fully saturated rings. The van der Waals surface area contributed by atoms with Crippen LogP contribution in [0.4, 0.5) is 4.79 Å². The predicted octanol–water partition coefficient (Wildman–Crippen LogP) is 2.95. The van der Waals surface area contributed by atoms with Crippen LogP contribution in [0.25, 0.3) is 11.1 Å². The molecule has 2 amide bonds. The molecule has 0 radical (unpaired) electrons. The minimum atomic E-state index is -0.343. The van der Waals surface area contributed by atoms with E-state index < -0.39 is 0 Å². The molecular weight excluding hydrogens is 286 g/mol. The second kappa shape index (κ2) is 5.61. The molecule has 4 nitrogen and oxygen atoms in total. The van der Waals surface area contributed by atoms with Crippen molar-refractivity contribution in [1.82, 2.24) is 5.32 Å². The predicted molar refractivity (Wildman–Crippen MR) is 82.2 cm³/mol. The summed E-state index contributed by atoms with van der Waals surface area (Å²) in [6.45, 7) is 0. The molecule has 3 rings (SSSR count). The smallest absolute Gasteiger partial charge is 0.286 e. The van der Waals surface area contributed by atoms with Gasteiger partial charge in [-0.15, -0.1) is 0 Å². The van der Waals surface area contributed by atoms with E-state index in [1.807, 2.05) is 30.3 Å². The Kier molecular flexibility index (Phi) is 3.66. The van der Waals surface area contributed by atoms with E-state index >= 15 is 0 Å². The van der Waals surface area contributed by atoms with Gasteiger partial charge < -0.3 is 5.11 Å². The summed E-state index contributed by atoms with van der Waals surface area (Å²) in [5.74, 6) is 0.0103. The van der Waals surface area contributed by atoms with Crippen molar-refractivity contribution in [2.75, 3.05) is 0 Å². The number of benzene rings is 2. The van der Waals surface area contributed by atoms with Gasteiger partial charge in [0, 0.05) is 0 Å². The van der Waals surface area contributed by atoms with Crippen LogP contribution in [0, 0.1) is 0 Å². The number of phenolic OH excluding ortho intramolecular Hbond substituents is 1. The highest BCUT2D eigenvalue weighted by atomic mass is 32.2. The maximum absolute atomic E-state index is 11.5. The molecule has 106 valence electrons. The molecule has 1 aliphatic rings. The summed E-state index contributed by atoms with van der Waals surface area (Å²) in [6, 6.07) is 14.8. The summed E-state index contributed by atoms with van der Waals surface area (Å²) in [6.07, 6.45) is 0.530. The molecule has 5 heteroatoms. The van der Waals surface area contributed by atoms with Crippen molar-refractivity contribution >= 4 is 22.9 Å². The molecule has 0 saturated carbocycles. The standard InChI is InChI=1S/C16H13NO3S/c18-13-3-1-2-12(9-13)11-6-4-10(5-7-11)8-14-15(19)17-16(20)21-14/h1-7,9,14,18H,8H2,(H,17,19,20). The monoisotopic (exact) mass is 299 g/mol. The minimum absolute atomic E-state index is 0.220. The lowest BCUT2D eigenvalue weighted by Gasteiger charge is -2.07. The van der Waals surface area contributed by atoms with Crippen molar-refractivity contribution in [3.05, 3.63) is 54.1 Å². The van der Waals surface area contributed by atoms with Crippen LogP contribution in [-0.2, 0) is 11.2 Å². The number of hydrogen-bond acceptors (Lipinski definition) is 4. The Bertz CT molecular complexity index is 697. The number of imide groups is 1. The van der Waals surface area contributed by atoms with Gasteiger partial charge in [0.15, 0.2) is 0 Å². The van der Waals surface area contributed by atoms with E-state index in [9.17, 15) is 14.7 Å². The molecule has 1 heterocycles. The Labute approximate surface area is 126 Å². The van der Waals surface area contributed by atoms with E-state index in [4.69, 9.17) is 0 Å². The largest absolute Gasteiger partial charge is 0.508 e. The summed E-state index contributed by atoms with van der Waals surface area (Å²) >= 11 is 1.04. The number of hydrogen-bond donors (Lipinski definition) is 2. The number of nitrogens with one attached hydrogen (secondary N) is 1. The lowest BCUT2D eigenvalue weighted by Crippen LogP contribution is -2.25. The van der Waals surface area contributed by atoms with Gasteiger partial charge in [0.2, 0.25) is 5.91 Å². The summed E-state index contributed by atoms with van der Waals surface area (Å²) in [5, 5.41) is 11.2. The summed E-state index contributed by atoms with van der Waals surface area (Å²) in [4.78, 5) is 22.7. The van der Waals surface area contributed by atoms with Crippen LogP contribution in [0.2, 0.25) is 0 Å². The average Bonchev–Trinajstić information content (AvgIpc) is 2.78. The van der Waals surface area contributed by atoms with Crippen molar-refractivity contribution < 1.29 is 14.7 Å². The van der Waals surface area contributed by atoms with Crippen molar-refractivity contribution in [3.8, 4) is 16.9 Å². The van der Waals surface area contributed by atoms with E-state index in [0.717, 1.165) is 28.5 Å². The van der Waals surface area contributed by atoms with E-state index in [2.05, 4.69) is 5.32 Å². The van der Waals surface area contributed by atoms with Gasteiger partial charge >= 0.3 is 0 Å². The first-order valence-electron chi connectivity index (χ1n) is 6.51. The molecule has 1 aliphatic heterocycles. The molecule has 0 bridgehead atoms. The number of carbonyl (C=O) groups is 2. The molecule has 21 heavy (non-hydrogen) atoms. The molecule has 2 aromatic carbocycles. The highest BCUT2D eigenvalue weighted by Crippen LogP contribution is 2.26. The molecule has 0 spiro atoms.